The van der Waals surface area contributed by atoms with E-state index in [1.807, 2.05) is 6.07 Å². The van der Waals surface area contributed by atoms with E-state index in [9.17, 15) is 4.79 Å². The lowest BCUT2D eigenvalue weighted by molar-refractivity contribution is 0.0827. The zero-order valence-electron chi connectivity index (χ0n) is 12.0. The molecule has 1 aliphatic carbocycles. The molecule has 0 aliphatic heterocycles. The van der Waals surface area contributed by atoms with Crippen LogP contribution in [0.1, 0.15) is 36.5 Å². The van der Waals surface area contributed by atoms with Crippen LogP contribution in [0.25, 0.3) is 0 Å². The third-order valence-corrected chi connectivity index (χ3v) is 4.07. The summed E-state index contributed by atoms with van der Waals surface area (Å²) in [5, 5.41) is 3.41. The maximum Gasteiger partial charge on any atom is 0.253 e. The van der Waals surface area contributed by atoms with Crippen LogP contribution >= 0.6 is 0 Å². The molecule has 0 heterocycles. The molecule has 1 aromatic rings. The first-order valence-corrected chi connectivity index (χ1v) is 6.82. The van der Waals surface area contributed by atoms with Gasteiger partial charge >= 0.3 is 0 Å². The van der Waals surface area contributed by atoms with Gasteiger partial charge in [-0.3, -0.25) is 4.79 Å². The summed E-state index contributed by atoms with van der Waals surface area (Å²) in [7, 11) is 3.50. The standard InChI is InChI=1S/C15H23N3O/c1-4-15(7-8-15)10-17-13-9-11(5-6-12(13)16)14(19)18(2)3/h5-6,9,17H,4,7-8,10,16H2,1-3H3. The van der Waals surface area contributed by atoms with Crippen molar-refractivity contribution in [3.8, 4) is 0 Å². The van der Waals surface area contributed by atoms with Crippen molar-refractivity contribution in [2.45, 2.75) is 26.2 Å². The number of nitrogens with two attached hydrogens (primary N) is 1. The lowest BCUT2D eigenvalue weighted by Crippen LogP contribution is -2.22. The highest BCUT2D eigenvalue weighted by Crippen LogP contribution is 2.48. The summed E-state index contributed by atoms with van der Waals surface area (Å²) >= 11 is 0. The van der Waals surface area contributed by atoms with E-state index in [0.717, 1.165) is 12.2 Å². The Morgan fingerprint density at radius 2 is 2.11 bits per heavy atom. The summed E-state index contributed by atoms with van der Waals surface area (Å²) in [6, 6.07) is 5.42. The Labute approximate surface area is 115 Å². The fraction of sp³-hybridized carbons (Fsp3) is 0.533. The van der Waals surface area contributed by atoms with E-state index >= 15 is 0 Å². The molecule has 19 heavy (non-hydrogen) atoms. The van der Waals surface area contributed by atoms with Crippen LogP contribution in [0.3, 0.4) is 0 Å². The zero-order valence-corrected chi connectivity index (χ0v) is 12.0. The molecule has 2 rings (SSSR count). The van der Waals surface area contributed by atoms with Crippen LogP contribution in [-0.2, 0) is 0 Å². The van der Waals surface area contributed by atoms with Gasteiger partial charge in [0.15, 0.2) is 0 Å². The normalized spacial score (nSPS) is 15.9. The van der Waals surface area contributed by atoms with Gasteiger partial charge in [-0.2, -0.15) is 0 Å². The smallest absolute Gasteiger partial charge is 0.253 e. The van der Waals surface area contributed by atoms with Gasteiger partial charge < -0.3 is 16.0 Å². The van der Waals surface area contributed by atoms with Crippen molar-refractivity contribution in [1.82, 2.24) is 4.90 Å². The molecule has 1 amide bonds. The van der Waals surface area contributed by atoms with Crippen molar-refractivity contribution in [2.75, 3.05) is 31.7 Å². The Hall–Kier alpha value is -1.71. The van der Waals surface area contributed by atoms with Crippen molar-refractivity contribution in [1.29, 1.82) is 0 Å². The summed E-state index contributed by atoms with van der Waals surface area (Å²) < 4.78 is 0. The molecule has 4 nitrogen and oxygen atoms in total. The van der Waals surface area contributed by atoms with E-state index in [4.69, 9.17) is 5.73 Å². The minimum Gasteiger partial charge on any atom is -0.397 e. The Bertz CT molecular complexity index is 478. The van der Waals surface area contributed by atoms with E-state index in [2.05, 4.69) is 12.2 Å². The number of carbonyl (C=O) groups excluding carboxylic acids is 1. The maximum atomic E-state index is 11.9. The lowest BCUT2D eigenvalue weighted by Gasteiger charge is -2.17. The highest BCUT2D eigenvalue weighted by Gasteiger charge is 2.40. The van der Waals surface area contributed by atoms with Crippen molar-refractivity contribution < 1.29 is 4.79 Å². The summed E-state index contributed by atoms with van der Waals surface area (Å²) in [5.74, 6) is -0.000299. The number of nitrogen functional groups attached to an aromatic ring is 1. The number of hydrogen-bond acceptors (Lipinski definition) is 3. The Morgan fingerprint density at radius 3 is 2.63 bits per heavy atom. The van der Waals surface area contributed by atoms with E-state index < -0.39 is 0 Å². The van der Waals surface area contributed by atoms with Gasteiger partial charge in [-0.15, -0.1) is 0 Å². The number of anilines is 2. The topological polar surface area (TPSA) is 58.4 Å². The molecule has 0 spiro atoms. The molecule has 1 saturated carbocycles. The number of nitrogens with one attached hydrogen (secondary N) is 1. The Kier molecular flexibility index (Phi) is 3.69. The van der Waals surface area contributed by atoms with Crippen molar-refractivity contribution in [3.05, 3.63) is 23.8 Å². The number of benzene rings is 1. The summed E-state index contributed by atoms with van der Waals surface area (Å²) in [6.07, 6.45) is 3.76. The average molecular weight is 261 g/mol. The summed E-state index contributed by atoms with van der Waals surface area (Å²) in [4.78, 5) is 13.5. The van der Waals surface area contributed by atoms with Gasteiger partial charge in [0, 0.05) is 26.2 Å². The van der Waals surface area contributed by atoms with Crippen LogP contribution in [0.4, 0.5) is 11.4 Å². The summed E-state index contributed by atoms with van der Waals surface area (Å²) in [5.41, 5.74) is 8.66. The predicted molar refractivity (Wildman–Crippen MR) is 79.3 cm³/mol. The second-order valence-corrected chi connectivity index (χ2v) is 5.71. The third kappa shape index (κ3) is 3.00. The van der Waals surface area contributed by atoms with Gasteiger partial charge in [0.05, 0.1) is 11.4 Å². The first-order valence-electron chi connectivity index (χ1n) is 6.82. The molecule has 104 valence electrons. The fourth-order valence-electron chi connectivity index (χ4n) is 2.22. The van der Waals surface area contributed by atoms with E-state index in [1.165, 1.54) is 19.3 Å². The number of amides is 1. The number of hydrogen-bond donors (Lipinski definition) is 2. The lowest BCUT2D eigenvalue weighted by atomic mass is 10.0. The highest BCUT2D eigenvalue weighted by molar-refractivity contribution is 5.95. The molecule has 0 unspecified atom stereocenters. The second kappa shape index (κ2) is 5.11. The Morgan fingerprint density at radius 1 is 1.42 bits per heavy atom. The van der Waals surface area contributed by atoms with Crippen molar-refractivity contribution in [2.24, 2.45) is 5.41 Å². The summed E-state index contributed by atoms with van der Waals surface area (Å²) in [6.45, 7) is 3.16. The first-order chi connectivity index (χ1) is 8.97. The van der Waals surface area contributed by atoms with Crippen molar-refractivity contribution >= 4 is 17.3 Å². The number of nitrogens with zero attached hydrogens (tertiary/aromatic N) is 1. The molecule has 4 heteroatoms. The van der Waals surface area contributed by atoms with Gasteiger partial charge in [-0.1, -0.05) is 6.92 Å². The van der Waals surface area contributed by atoms with Gasteiger partial charge in [-0.05, 0) is 42.9 Å². The number of rotatable bonds is 5. The number of carbonyl (C=O) groups is 1. The van der Waals surface area contributed by atoms with Crippen LogP contribution in [0.15, 0.2) is 18.2 Å². The molecule has 1 aromatic carbocycles. The van der Waals surface area contributed by atoms with Crippen LogP contribution in [0, 0.1) is 5.41 Å². The van der Waals surface area contributed by atoms with Crippen LogP contribution in [-0.4, -0.2) is 31.4 Å². The molecular formula is C15H23N3O. The van der Waals surface area contributed by atoms with Crippen LogP contribution in [0.2, 0.25) is 0 Å². The maximum absolute atomic E-state index is 11.9. The van der Waals surface area contributed by atoms with Crippen LogP contribution in [0.5, 0.6) is 0 Å². The zero-order chi connectivity index (χ0) is 14.0. The van der Waals surface area contributed by atoms with E-state index in [-0.39, 0.29) is 5.91 Å². The largest absolute Gasteiger partial charge is 0.397 e. The van der Waals surface area contributed by atoms with Gasteiger partial charge in [0.25, 0.3) is 5.91 Å². The van der Waals surface area contributed by atoms with E-state index in [1.54, 1.807) is 31.1 Å². The minimum atomic E-state index is -0.000299. The highest BCUT2D eigenvalue weighted by atomic mass is 16.2. The molecule has 1 aliphatic rings. The quantitative estimate of drug-likeness (QED) is 0.801. The average Bonchev–Trinajstić information content (AvgIpc) is 3.17. The molecule has 0 radical (unpaired) electrons. The second-order valence-electron chi connectivity index (χ2n) is 5.71. The Balaban J connectivity index is 2.11. The molecule has 0 aromatic heterocycles. The van der Waals surface area contributed by atoms with Gasteiger partial charge in [0.2, 0.25) is 0 Å². The van der Waals surface area contributed by atoms with Gasteiger partial charge in [0.1, 0.15) is 0 Å². The van der Waals surface area contributed by atoms with Gasteiger partial charge in [-0.25, -0.2) is 0 Å². The van der Waals surface area contributed by atoms with E-state index in [0.29, 0.717) is 16.7 Å². The molecule has 3 N–H and O–H groups in total. The van der Waals surface area contributed by atoms with Crippen molar-refractivity contribution in [3.63, 3.8) is 0 Å². The monoisotopic (exact) mass is 261 g/mol. The molecule has 0 bridgehead atoms. The third-order valence-electron chi connectivity index (χ3n) is 4.07. The molecular weight excluding hydrogens is 238 g/mol. The fourth-order valence-corrected chi connectivity index (χ4v) is 2.22. The minimum absolute atomic E-state index is 0.000299. The molecule has 0 atom stereocenters. The molecule has 0 saturated heterocycles. The molecule has 1 fully saturated rings. The van der Waals surface area contributed by atoms with Crippen LogP contribution < -0.4 is 11.1 Å². The first kappa shape index (κ1) is 13.7. The predicted octanol–water partition coefficient (Wildman–Crippen LogP) is 2.57. The SMILES string of the molecule is CCC1(CNc2cc(C(=O)N(C)C)ccc2N)CC1.